The van der Waals surface area contributed by atoms with E-state index in [0.717, 1.165) is 20.6 Å². The van der Waals surface area contributed by atoms with Gasteiger partial charge in [-0.05, 0) is 56.6 Å². The van der Waals surface area contributed by atoms with Crippen LogP contribution in [-0.2, 0) is 26.4 Å². The van der Waals surface area contributed by atoms with Gasteiger partial charge in [0.2, 0.25) is 6.23 Å². The molecule has 4 atom stereocenters. The number of carboxylic acids is 1. The Kier molecular flexibility index (Phi) is 8.03. The number of hydrogen-bond donors (Lipinski definition) is 4. The van der Waals surface area contributed by atoms with Gasteiger partial charge in [-0.25, -0.2) is 9.59 Å². The normalized spacial score (nSPS) is 24.4. The van der Waals surface area contributed by atoms with Crippen molar-refractivity contribution in [2.45, 2.75) is 97.9 Å². The number of rotatable bonds is 9. The predicted octanol–water partition coefficient (Wildman–Crippen LogP) is 4.87. The molecule has 1 aliphatic heterocycles. The summed E-state index contributed by atoms with van der Waals surface area (Å²) in [7, 11) is 1.59. The number of carbonyl (C=O) groups is 1. The van der Waals surface area contributed by atoms with Crippen LogP contribution in [0.1, 0.15) is 83.2 Å². The van der Waals surface area contributed by atoms with Crippen molar-refractivity contribution in [1.82, 2.24) is 14.5 Å². The minimum Gasteiger partial charge on any atom is -0.496 e. The summed E-state index contributed by atoms with van der Waals surface area (Å²) in [5.74, 6) is -0.623. The van der Waals surface area contributed by atoms with Crippen LogP contribution in [0.5, 0.6) is 5.75 Å². The Morgan fingerprint density at radius 2 is 1.93 bits per heavy atom. The Bertz CT molecular complexity index is 1790. The third-order valence-corrected chi connectivity index (χ3v) is 12.1. The maximum atomic E-state index is 14.5. The van der Waals surface area contributed by atoms with Crippen molar-refractivity contribution < 1.29 is 24.1 Å². The number of thiophene rings is 1. The third-order valence-electron chi connectivity index (χ3n) is 10.8. The lowest BCUT2D eigenvalue weighted by Crippen LogP contribution is -2.53. The number of benzene rings is 1. The van der Waals surface area contributed by atoms with Gasteiger partial charge in [-0.15, -0.1) is 11.3 Å². The molecule has 45 heavy (non-hydrogen) atoms. The second-order valence-corrected chi connectivity index (χ2v) is 15.1. The minimum absolute atomic E-state index is 0.0383. The molecule has 2 unspecified atom stereocenters. The molecule has 2 aromatic heterocycles. The van der Waals surface area contributed by atoms with Crippen molar-refractivity contribution in [2.75, 3.05) is 7.11 Å². The molecule has 1 aliphatic carbocycles. The quantitative estimate of drug-likeness (QED) is 0.259. The summed E-state index contributed by atoms with van der Waals surface area (Å²) in [5.41, 5.74) is 4.73. The van der Waals surface area contributed by atoms with Gasteiger partial charge in [-0.1, -0.05) is 45.9 Å². The molecule has 1 fully saturated rings. The van der Waals surface area contributed by atoms with Crippen molar-refractivity contribution in [3.05, 3.63) is 68.7 Å². The largest absolute Gasteiger partial charge is 0.496 e. The lowest BCUT2D eigenvalue weighted by molar-refractivity contribution is -0.146. The smallest absolute Gasteiger partial charge is 0.331 e. The van der Waals surface area contributed by atoms with E-state index in [-0.39, 0.29) is 29.0 Å². The first kappa shape index (κ1) is 32.8. The van der Waals surface area contributed by atoms with Crippen LogP contribution in [0.15, 0.2) is 41.5 Å². The number of carboxylic acid groups (broad SMARTS) is 1. The molecule has 1 saturated carbocycles. The maximum absolute atomic E-state index is 14.5. The highest BCUT2D eigenvalue weighted by molar-refractivity contribution is 7.19. The van der Waals surface area contributed by atoms with Gasteiger partial charge in [0, 0.05) is 17.3 Å². The molecule has 1 aromatic carbocycles. The number of aromatic nitrogens is 2. The Morgan fingerprint density at radius 1 is 1.27 bits per heavy atom. The van der Waals surface area contributed by atoms with Crippen LogP contribution < -0.4 is 27.0 Å². The number of nitrogens with two attached hydrogens (primary N) is 1. The van der Waals surface area contributed by atoms with Crippen molar-refractivity contribution in [3.63, 3.8) is 0 Å². The molecule has 244 valence electrons. The second kappa shape index (κ2) is 11.0. The number of nitrogens with one attached hydrogen (secondary N) is 2. The van der Waals surface area contributed by atoms with Crippen LogP contribution in [0.25, 0.3) is 10.2 Å². The Balaban J connectivity index is 1.76. The molecule has 0 bridgehead atoms. The highest BCUT2D eigenvalue weighted by Crippen LogP contribution is 2.58. The summed E-state index contributed by atoms with van der Waals surface area (Å²) in [5, 5.41) is 23.0. The third kappa shape index (κ3) is 4.97. The molecule has 0 saturated heterocycles. The number of aryl methyl sites for hydroxylation is 1. The molecule has 11 nitrogen and oxygen atoms in total. The van der Waals surface area contributed by atoms with Crippen LogP contribution in [0, 0.1) is 23.2 Å². The molecule has 3 aromatic rings. The fourth-order valence-corrected chi connectivity index (χ4v) is 7.92. The summed E-state index contributed by atoms with van der Waals surface area (Å²) < 4.78 is 21.2. The zero-order valence-electron chi connectivity index (χ0n) is 27.5. The summed E-state index contributed by atoms with van der Waals surface area (Å²) in [6.45, 7) is 15.5. The number of aliphatic carboxylic acids is 1. The topological polar surface area (TPSA) is 154 Å². The number of ether oxygens (including phenoxy) is 3. The van der Waals surface area contributed by atoms with Gasteiger partial charge >= 0.3 is 11.7 Å². The van der Waals surface area contributed by atoms with Crippen LogP contribution in [0.2, 0.25) is 0 Å². The second-order valence-electron chi connectivity index (χ2n) is 14.0. The van der Waals surface area contributed by atoms with E-state index in [1.165, 1.54) is 25.2 Å². The Labute approximate surface area is 267 Å². The van der Waals surface area contributed by atoms with E-state index in [0.29, 0.717) is 22.4 Å². The van der Waals surface area contributed by atoms with Gasteiger partial charge < -0.3 is 30.4 Å². The SMILES string of the molecule is COc1ccccc1C(Cn1c(=O)n(C(C)(C)C(=O)O)c(=N)c2c(C)c(C3NC=CO3)sc21)O[C@H]1C[C@@](C)(N)C(C)(C)C1(C)C. The van der Waals surface area contributed by atoms with Gasteiger partial charge in [0.1, 0.15) is 34.0 Å². The first-order valence-electron chi connectivity index (χ1n) is 15.1. The van der Waals surface area contributed by atoms with Gasteiger partial charge in [0.25, 0.3) is 0 Å². The maximum Gasteiger partial charge on any atom is 0.331 e. The monoisotopic (exact) mass is 639 g/mol. The number of methoxy groups -OCH3 is 1. The van der Waals surface area contributed by atoms with Crippen LogP contribution in [0.3, 0.4) is 0 Å². The average Bonchev–Trinajstić information content (AvgIpc) is 3.64. The lowest BCUT2D eigenvalue weighted by Gasteiger charge is -2.44. The Morgan fingerprint density at radius 3 is 2.49 bits per heavy atom. The molecule has 5 N–H and O–H groups in total. The number of para-hydroxylation sites is 1. The standard InChI is InChI=1S/C33H45N5O6S/c1-18-23-25(34)38(31(4,5)28(39)40)29(41)37(27(23)45-24(18)26-36-14-15-43-26)17-21(19-12-10-11-13-20(19)42-9)44-22-16-33(8,35)32(6,7)30(22,2)3/h10-15,21-22,26,34,36H,16-17,35H2,1-9H3,(H,39,40)/t21?,22-,26?,33+/m0/s1. The lowest BCUT2D eigenvalue weighted by atomic mass is 9.64. The predicted molar refractivity (Wildman–Crippen MR) is 173 cm³/mol. The van der Waals surface area contributed by atoms with E-state index in [4.69, 9.17) is 25.4 Å². The number of fused-ring (bicyclic) bond motifs is 1. The zero-order chi connectivity index (χ0) is 33.3. The molecule has 3 heterocycles. The van der Waals surface area contributed by atoms with E-state index in [9.17, 15) is 14.7 Å². The molecule has 12 heteroatoms. The fourth-order valence-electron chi connectivity index (χ4n) is 6.61. The minimum atomic E-state index is -1.71. The summed E-state index contributed by atoms with van der Waals surface area (Å²) >= 11 is 1.34. The van der Waals surface area contributed by atoms with Crippen molar-refractivity contribution >= 4 is 27.5 Å². The molecule has 5 rings (SSSR count). The molecule has 0 spiro atoms. The fraction of sp³-hybridized carbons (Fsp3) is 0.545. The summed E-state index contributed by atoms with van der Waals surface area (Å²) in [6.07, 6.45) is 2.40. The van der Waals surface area contributed by atoms with Crippen molar-refractivity contribution in [2.24, 2.45) is 16.6 Å². The highest BCUT2D eigenvalue weighted by Gasteiger charge is 2.60. The van der Waals surface area contributed by atoms with E-state index in [2.05, 4.69) is 39.9 Å². The summed E-state index contributed by atoms with van der Waals surface area (Å²) in [4.78, 5) is 28.3. The van der Waals surface area contributed by atoms with Crippen LogP contribution in [0.4, 0.5) is 0 Å². The van der Waals surface area contributed by atoms with E-state index in [1.54, 1.807) is 24.1 Å². The summed E-state index contributed by atoms with van der Waals surface area (Å²) in [6, 6.07) is 7.54. The molecule has 0 radical (unpaired) electrons. The van der Waals surface area contributed by atoms with Gasteiger partial charge in [-0.3, -0.25) is 14.5 Å². The average molecular weight is 640 g/mol. The van der Waals surface area contributed by atoms with Gasteiger partial charge in [-0.2, -0.15) is 0 Å². The highest BCUT2D eigenvalue weighted by atomic mass is 32.1. The Hall–Kier alpha value is -3.61. The van der Waals surface area contributed by atoms with E-state index >= 15 is 0 Å². The van der Waals surface area contributed by atoms with E-state index < -0.39 is 35.1 Å². The molecular formula is C33H45N5O6S. The first-order chi connectivity index (χ1) is 20.9. The van der Waals surface area contributed by atoms with Crippen LogP contribution in [-0.4, -0.2) is 39.0 Å². The van der Waals surface area contributed by atoms with Crippen molar-refractivity contribution in [3.8, 4) is 5.75 Å². The van der Waals surface area contributed by atoms with Gasteiger partial charge in [0.05, 0.1) is 30.0 Å². The molecule has 0 amide bonds. The van der Waals surface area contributed by atoms with E-state index in [1.807, 2.05) is 31.2 Å². The number of hydrogen-bond acceptors (Lipinski definition) is 9. The first-order valence-corrected chi connectivity index (χ1v) is 15.9. The van der Waals surface area contributed by atoms with Gasteiger partial charge in [0.15, 0.2) is 0 Å². The van der Waals surface area contributed by atoms with Crippen LogP contribution >= 0.6 is 11.3 Å². The van der Waals surface area contributed by atoms with Crippen molar-refractivity contribution in [1.29, 1.82) is 5.41 Å². The molecular weight excluding hydrogens is 594 g/mol. The molecule has 2 aliphatic rings. The zero-order valence-corrected chi connectivity index (χ0v) is 28.3. The number of nitrogens with zero attached hydrogens (tertiary/aromatic N) is 2.